The molecule has 1 amide bonds. The van der Waals surface area contributed by atoms with E-state index < -0.39 is 0 Å². The van der Waals surface area contributed by atoms with E-state index in [1.54, 1.807) is 12.1 Å². The number of amides is 1. The summed E-state index contributed by atoms with van der Waals surface area (Å²) in [7, 11) is 4.08. The fourth-order valence-electron chi connectivity index (χ4n) is 3.87. The van der Waals surface area contributed by atoms with Gasteiger partial charge in [-0.15, -0.1) is 11.3 Å². The third kappa shape index (κ3) is 6.91. The quantitative estimate of drug-likeness (QED) is 0.625. The van der Waals surface area contributed by atoms with Crippen LogP contribution in [0, 0.1) is 5.82 Å². The Kier molecular flexibility index (Phi) is 8.21. The van der Waals surface area contributed by atoms with Crippen LogP contribution in [0.25, 0.3) is 0 Å². The third-order valence-electron chi connectivity index (χ3n) is 5.63. The molecule has 2 aromatic rings. The summed E-state index contributed by atoms with van der Waals surface area (Å²) in [5.41, 5.74) is 0.875. The minimum atomic E-state index is -0.263. The molecule has 158 valence electrons. The highest BCUT2D eigenvalue weighted by molar-refractivity contribution is 7.09. The molecule has 3 rings (SSSR count). The van der Waals surface area contributed by atoms with Crippen LogP contribution >= 0.6 is 11.3 Å². The molecule has 6 heteroatoms. The van der Waals surface area contributed by atoms with Crippen LogP contribution in [0.2, 0.25) is 0 Å². The number of piperidine rings is 1. The highest BCUT2D eigenvalue weighted by Gasteiger charge is 2.27. The van der Waals surface area contributed by atoms with Crippen LogP contribution in [-0.2, 0) is 17.6 Å². The molecular formula is C23H32FN3OS. The summed E-state index contributed by atoms with van der Waals surface area (Å²) in [6.45, 7) is 4.77. The molecule has 0 spiro atoms. The SMILES string of the molecule is CN(C)CCN(C(=O)Cc1ccc(F)cc1)C1CCN(CCc2cccs2)CC1. The monoisotopic (exact) mass is 417 g/mol. The number of nitrogens with zero attached hydrogens (tertiary/aromatic N) is 3. The highest BCUT2D eigenvalue weighted by atomic mass is 32.1. The van der Waals surface area contributed by atoms with Gasteiger partial charge in [-0.25, -0.2) is 4.39 Å². The second-order valence-corrected chi connectivity index (χ2v) is 9.13. The van der Waals surface area contributed by atoms with Gasteiger partial charge in [0.05, 0.1) is 6.42 Å². The van der Waals surface area contributed by atoms with Gasteiger partial charge in [0.1, 0.15) is 5.82 Å². The third-order valence-corrected chi connectivity index (χ3v) is 6.57. The molecule has 1 aliphatic rings. The number of hydrogen-bond acceptors (Lipinski definition) is 4. The molecule has 1 fully saturated rings. The zero-order chi connectivity index (χ0) is 20.6. The van der Waals surface area contributed by atoms with E-state index in [9.17, 15) is 9.18 Å². The number of carbonyl (C=O) groups is 1. The molecule has 29 heavy (non-hydrogen) atoms. The number of likely N-dealkylation sites (tertiary alicyclic amines) is 1. The first-order valence-corrected chi connectivity index (χ1v) is 11.3. The standard InChI is InChI=1S/C23H32FN3OS/c1-25(2)15-16-27(23(28)18-19-5-7-20(24)8-6-19)21-9-12-26(13-10-21)14-11-22-4-3-17-29-22/h3-8,17,21H,9-16,18H2,1-2H3. The Morgan fingerprint density at radius 1 is 1.14 bits per heavy atom. The van der Waals surface area contributed by atoms with Crippen molar-refractivity contribution in [3.05, 3.63) is 58.0 Å². The molecule has 4 nitrogen and oxygen atoms in total. The van der Waals surface area contributed by atoms with Gasteiger partial charge in [0.15, 0.2) is 0 Å². The van der Waals surface area contributed by atoms with Gasteiger partial charge in [-0.2, -0.15) is 0 Å². The van der Waals surface area contributed by atoms with Crippen LogP contribution in [0.3, 0.4) is 0 Å². The Balaban J connectivity index is 1.54. The largest absolute Gasteiger partial charge is 0.338 e. The number of benzene rings is 1. The molecule has 0 N–H and O–H groups in total. The zero-order valence-electron chi connectivity index (χ0n) is 17.5. The van der Waals surface area contributed by atoms with Gasteiger partial charge in [0.25, 0.3) is 0 Å². The first kappa shape index (κ1) is 21.9. The molecule has 0 aliphatic carbocycles. The second-order valence-electron chi connectivity index (χ2n) is 8.10. The van der Waals surface area contributed by atoms with Crippen molar-refractivity contribution >= 4 is 17.2 Å². The van der Waals surface area contributed by atoms with Crippen LogP contribution in [-0.4, -0.2) is 73.5 Å². The van der Waals surface area contributed by atoms with Crippen LogP contribution < -0.4 is 0 Å². The summed E-state index contributed by atoms with van der Waals surface area (Å²) in [6, 6.07) is 10.9. The Morgan fingerprint density at radius 2 is 1.86 bits per heavy atom. The maximum atomic E-state index is 13.2. The van der Waals surface area contributed by atoms with Gasteiger partial charge in [-0.05, 0) is 62.5 Å². The maximum absolute atomic E-state index is 13.2. The van der Waals surface area contributed by atoms with Crippen molar-refractivity contribution in [2.24, 2.45) is 0 Å². The van der Waals surface area contributed by atoms with Crippen molar-refractivity contribution in [3.8, 4) is 0 Å². The molecule has 1 saturated heterocycles. The van der Waals surface area contributed by atoms with E-state index in [-0.39, 0.29) is 11.7 Å². The number of hydrogen-bond donors (Lipinski definition) is 0. The van der Waals surface area contributed by atoms with Crippen molar-refractivity contribution in [2.45, 2.75) is 31.7 Å². The van der Waals surface area contributed by atoms with Crippen molar-refractivity contribution in [3.63, 3.8) is 0 Å². The summed E-state index contributed by atoms with van der Waals surface area (Å²) in [4.78, 5) is 21.2. The number of thiophene rings is 1. The van der Waals surface area contributed by atoms with E-state index in [2.05, 4.69) is 32.2 Å². The van der Waals surface area contributed by atoms with Crippen molar-refractivity contribution in [2.75, 3.05) is 46.8 Å². The first-order chi connectivity index (χ1) is 14.0. The molecule has 0 bridgehead atoms. The smallest absolute Gasteiger partial charge is 0.227 e. The van der Waals surface area contributed by atoms with Crippen molar-refractivity contribution in [1.82, 2.24) is 14.7 Å². The van der Waals surface area contributed by atoms with Gasteiger partial charge >= 0.3 is 0 Å². The normalized spacial score (nSPS) is 15.7. The average Bonchev–Trinajstić information content (AvgIpc) is 3.23. The Labute approximate surface area is 177 Å². The lowest BCUT2D eigenvalue weighted by Crippen LogP contribution is -2.50. The molecular weight excluding hydrogens is 385 g/mol. The lowest BCUT2D eigenvalue weighted by molar-refractivity contribution is -0.134. The number of halogens is 1. The summed E-state index contributed by atoms with van der Waals surface area (Å²) in [5, 5.41) is 2.14. The molecule has 1 aromatic carbocycles. The van der Waals surface area contributed by atoms with Gasteiger partial charge < -0.3 is 14.7 Å². The topological polar surface area (TPSA) is 26.8 Å². The van der Waals surface area contributed by atoms with Crippen LogP contribution in [0.4, 0.5) is 4.39 Å². The summed E-state index contributed by atoms with van der Waals surface area (Å²) in [5.74, 6) is -0.115. The Morgan fingerprint density at radius 3 is 2.48 bits per heavy atom. The van der Waals surface area contributed by atoms with Gasteiger partial charge in [-0.1, -0.05) is 18.2 Å². The molecule has 0 saturated carbocycles. The summed E-state index contributed by atoms with van der Waals surface area (Å²) >= 11 is 1.82. The number of likely N-dealkylation sites (N-methyl/N-ethyl adjacent to an activating group) is 1. The van der Waals surface area contributed by atoms with E-state index in [0.29, 0.717) is 12.5 Å². The molecule has 0 unspecified atom stereocenters. The van der Waals surface area contributed by atoms with Crippen LogP contribution in [0.1, 0.15) is 23.3 Å². The molecule has 0 atom stereocenters. The fraction of sp³-hybridized carbons (Fsp3) is 0.522. The average molecular weight is 418 g/mol. The Bertz CT molecular complexity index is 740. The maximum Gasteiger partial charge on any atom is 0.227 e. The second kappa shape index (κ2) is 10.9. The van der Waals surface area contributed by atoms with Crippen LogP contribution in [0.5, 0.6) is 0 Å². The predicted octanol–water partition coefficient (Wildman–Crippen LogP) is 3.53. The highest BCUT2D eigenvalue weighted by Crippen LogP contribution is 2.19. The van der Waals surface area contributed by atoms with E-state index in [1.165, 1.54) is 17.0 Å². The molecule has 0 radical (unpaired) electrons. The number of carbonyl (C=O) groups excluding carboxylic acids is 1. The molecule has 1 aliphatic heterocycles. The van der Waals surface area contributed by atoms with Crippen molar-refractivity contribution < 1.29 is 9.18 Å². The fourth-order valence-corrected chi connectivity index (χ4v) is 4.57. The summed E-state index contributed by atoms with van der Waals surface area (Å²) in [6.07, 6.45) is 3.49. The van der Waals surface area contributed by atoms with Gasteiger partial charge in [0.2, 0.25) is 5.91 Å². The summed E-state index contributed by atoms with van der Waals surface area (Å²) < 4.78 is 13.2. The van der Waals surface area contributed by atoms with E-state index >= 15 is 0 Å². The van der Waals surface area contributed by atoms with Gasteiger partial charge in [-0.3, -0.25) is 4.79 Å². The van der Waals surface area contributed by atoms with Crippen LogP contribution in [0.15, 0.2) is 41.8 Å². The van der Waals surface area contributed by atoms with Crippen molar-refractivity contribution in [1.29, 1.82) is 0 Å². The van der Waals surface area contributed by atoms with E-state index in [1.807, 2.05) is 25.4 Å². The minimum absolute atomic E-state index is 0.149. The van der Waals surface area contributed by atoms with E-state index in [0.717, 1.165) is 57.5 Å². The lowest BCUT2D eigenvalue weighted by atomic mass is 10.0. The minimum Gasteiger partial charge on any atom is -0.338 e. The first-order valence-electron chi connectivity index (χ1n) is 10.4. The number of rotatable bonds is 9. The predicted molar refractivity (Wildman–Crippen MR) is 118 cm³/mol. The van der Waals surface area contributed by atoms with E-state index in [4.69, 9.17) is 0 Å². The lowest BCUT2D eigenvalue weighted by Gasteiger charge is -2.39. The van der Waals surface area contributed by atoms with Gasteiger partial charge in [0, 0.05) is 43.6 Å². The Hall–Kier alpha value is -1.76. The zero-order valence-corrected chi connectivity index (χ0v) is 18.3. The molecule has 1 aromatic heterocycles. The molecule has 2 heterocycles.